The van der Waals surface area contributed by atoms with E-state index in [4.69, 9.17) is 5.26 Å². The molecule has 0 aromatic rings. The van der Waals surface area contributed by atoms with E-state index in [0.29, 0.717) is 18.9 Å². The van der Waals surface area contributed by atoms with Gasteiger partial charge in [-0.2, -0.15) is 5.26 Å². The highest BCUT2D eigenvalue weighted by molar-refractivity contribution is 5.76. The van der Waals surface area contributed by atoms with Gasteiger partial charge in [0.25, 0.3) is 0 Å². The molecule has 1 amide bonds. The Bertz CT molecular complexity index is 370. The highest BCUT2D eigenvalue weighted by Crippen LogP contribution is 2.57. The van der Waals surface area contributed by atoms with Crippen molar-refractivity contribution in [2.45, 2.75) is 45.4 Å². The van der Waals surface area contributed by atoms with Crippen LogP contribution in [0.1, 0.15) is 45.4 Å². The third-order valence-electron chi connectivity index (χ3n) is 5.83. The maximum atomic E-state index is 12.3. The summed E-state index contributed by atoms with van der Waals surface area (Å²) in [5, 5.41) is 8.78. The molecule has 0 saturated heterocycles. The second-order valence-electron chi connectivity index (χ2n) is 6.86. The standard InChI is InChI=1S/C16H24N2O/c1-2-18(4-3-17)16(19)10-15-13-6-11-5-12(8-13)9-14(15)7-11/h11-15H,2,4-10H2,1H3. The third-order valence-corrected chi connectivity index (χ3v) is 5.83. The SMILES string of the molecule is CCN(CC#N)C(=O)CC1C2CC3CC(C2)CC1C3. The molecule has 0 radical (unpaired) electrons. The van der Waals surface area contributed by atoms with Crippen molar-refractivity contribution in [1.29, 1.82) is 5.26 Å². The van der Waals surface area contributed by atoms with Crippen molar-refractivity contribution in [3.05, 3.63) is 0 Å². The molecule has 0 aromatic carbocycles. The van der Waals surface area contributed by atoms with E-state index in [0.717, 1.165) is 23.7 Å². The molecule has 4 fully saturated rings. The summed E-state index contributed by atoms with van der Waals surface area (Å²) in [5.41, 5.74) is 0. The second-order valence-corrected chi connectivity index (χ2v) is 6.86. The van der Waals surface area contributed by atoms with E-state index < -0.39 is 0 Å². The van der Waals surface area contributed by atoms with Gasteiger partial charge >= 0.3 is 0 Å². The first-order chi connectivity index (χ1) is 9.21. The summed E-state index contributed by atoms with van der Waals surface area (Å²) in [6.45, 7) is 2.88. The molecule has 0 heterocycles. The molecule has 19 heavy (non-hydrogen) atoms. The summed E-state index contributed by atoms with van der Waals surface area (Å²) in [4.78, 5) is 14.0. The van der Waals surface area contributed by atoms with Gasteiger partial charge in [-0.3, -0.25) is 4.79 Å². The first-order valence-electron chi connectivity index (χ1n) is 7.86. The zero-order valence-corrected chi connectivity index (χ0v) is 11.8. The molecule has 0 unspecified atom stereocenters. The molecule has 104 valence electrons. The molecule has 3 heteroatoms. The van der Waals surface area contributed by atoms with Gasteiger partial charge in [0, 0.05) is 13.0 Å². The fourth-order valence-corrected chi connectivity index (χ4v) is 5.16. The number of amides is 1. The van der Waals surface area contributed by atoms with E-state index in [-0.39, 0.29) is 12.5 Å². The largest absolute Gasteiger partial charge is 0.330 e. The molecule has 4 rings (SSSR count). The summed E-state index contributed by atoms with van der Waals surface area (Å²) in [5.74, 6) is 4.38. The van der Waals surface area contributed by atoms with Crippen LogP contribution in [0.2, 0.25) is 0 Å². The molecule has 0 atom stereocenters. The monoisotopic (exact) mass is 260 g/mol. The van der Waals surface area contributed by atoms with Crippen molar-refractivity contribution < 1.29 is 4.79 Å². The van der Waals surface area contributed by atoms with E-state index in [2.05, 4.69) is 6.07 Å². The van der Waals surface area contributed by atoms with Crippen molar-refractivity contribution in [2.24, 2.45) is 29.6 Å². The van der Waals surface area contributed by atoms with E-state index in [1.165, 1.54) is 32.1 Å². The first kappa shape index (κ1) is 13.0. The lowest BCUT2D eigenvalue weighted by Crippen LogP contribution is -2.47. The van der Waals surface area contributed by atoms with Crippen molar-refractivity contribution in [3.8, 4) is 6.07 Å². The number of carbonyl (C=O) groups is 1. The molecule has 3 nitrogen and oxygen atoms in total. The van der Waals surface area contributed by atoms with Gasteiger partial charge in [-0.1, -0.05) is 0 Å². The van der Waals surface area contributed by atoms with Crippen LogP contribution in [-0.2, 0) is 4.79 Å². The zero-order chi connectivity index (χ0) is 13.4. The maximum Gasteiger partial charge on any atom is 0.223 e. The van der Waals surface area contributed by atoms with E-state index >= 15 is 0 Å². The number of hydrogen-bond acceptors (Lipinski definition) is 2. The Kier molecular flexibility index (Phi) is 3.52. The Balaban J connectivity index is 1.64. The van der Waals surface area contributed by atoms with Gasteiger partial charge in [0.05, 0.1) is 6.07 Å². The Hall–Kier alpha value is -1.04. The predicted molar refractivity (Wildman–Crippen MR) is 73.0 cm³/mol. The van der Waals surface area contributed by atoms with Gasteiger partial charge in [-0.15, -0.1) is 0 Å². The van der Waals surface area contributed by atoms with E-state index in [9.17, 15) is 4.79 Å². The highest BCUT2D eigenvalue weighted by atomic mass is 16.2. The predicted octanol–water partition coefficient (Wildman–Crippen LogP) is 2.82. The van der Waals surface area contributed by atoms with Gasteiger partial charge in [-0.05, 0) is 68.6 Å². The Morgan fingerprint density at radius 3 is 2.21 bits per heavy atom. The molecule has 4 aliphatic rings. The minimum Gasteiger partial charge on any atom is -0.330 e. The molecule has 0 spiro atoms. The highest BCUT2D eigenvalue weighted by Gasteiger charge is 2.48. The quantitative estimate of drug-likeness (QED) is 0.730. The molecule has 0 aromatic heterocycles. The van der Waals surface area contributed by atoms with Crippen LogP contribution < -0.4 is 0 Å². The minimum absolute atomic E-state index is 0.210. The summed E-state index contributed by atoms with van der Waals surface area (Å²) in [6, 6.07) is 2.11. The summed E-state index contributed by atoms with van der Waals surface area (Å²) in [6.07, 6.45) is 7.64. The fourth-order valence-electron chi connectivity index (χ4n) is 5.16. The number of hydrogen-bond donors (Lipinski definition) is 0. The summed E-state index contributed by atoms with van der Waals surface area (Å²) < 4.78 is 0. The molecule has 4 aliphatic carbocycles. The van der Waals surface area contributed by atoms with E-state index in [1.54, 1.807) is 4.90 Å². The lowest BCUT2D eigenvalue weighted by atomic mass is 9.51. The normalized spacial score (nSPS) is 39.1. The minimum atomic E-state index is 0.210. The maximum absolute atomic E-state index is 12.3. The molecular formula is C16H24N2O. The molecule has 4 bridgehead atoms. The van der Waals surface area contributed by atoms with E-state index in [1.807, 2.05) is 6.92 Å². The number of nitrogens with zero attached hydrogens (tertiary/aromatic N) is 2. The Labute approximate surface area is 116 Å². The van der Waals surface area contributed by atoms with Gasteiger partial charge < -0.3 is 4.90 Å². The van der Waals surface area contributed by atoms with Crippen LogP contribution in [0.25, 0.3) is 0 Å². The second kappa shape index (κ2) is 5.15. The molecular weight excluding hydrogens is 236 g/mol. The summed E-state index contributed by atoms with van der Waals surface area (Å²) in [7, 11) is 0. The zero-order valence-electron chi connectivity index (χ0n) is 11.8. The number of rotatable bonds is 4. The molecule has 0 N–H and O–H groups in total. The fraction of sp³-hybridized carbons (Fsp3) is 0.875. The number of carbonyl (C=O) groups excluding carboxylic acids is 1. The van der Waals surface area contributed by atoms with Gasteiger partial charge in [0.1, 0.15) is 6.54 Å². The van der Waals surface area contributed by atoms with Crippen LogP contribution in [-0.4, -0.2) is 23.9 Å². The lowest BCUT2D eigenvalue weighted by molar-refractivity contribution is -0.135. The average Bonchev–Trinajstić information content (AvgIpc) is 2.39. The van der Waals surface area contributed by atoms with Crippen LogP contribution in [0.4, 0.5) is 0 Å². The number of nitriles is 1. The van der Waals surface area contributed by atoms with Gasteiger partial charge in [0.2, 0.25) is 5.91 Å². The van der Waals surface area contributed by atoms with Crippen molar-refractivity contribution in [2.75, 3.05) is 13.1 Å². The van der Waals surface area contributed by atoms with Crippen LogP contribution in [0, 0.1) is 40.9 Å². The van der Waals surface area contributed by atoms with Crippen LogP contribution in [0.3, 0.4) is 0 Å². The molecule has 0 aliphatic heterocycles. The van der Waals surface area contributed by atoms with Crippen molar-refractivity contribution in [1.82, 2.24) is 4.90 Å². The van der Waals surface area contributed by atoms with Crippen molar-refractivity contribution in [3.63, 3.8) is 0 Å². The summed E-state index contributed by atoms with van der Waals surface area (Å²) >= 11 is 0. The van der Waals surface area contributed by atoms with Gasteiger partial charge in [-0.25, -0.2) is 0 Å². The van der Waals surface area contributed by atoms with Crippen LogP contribution in [0.15, 0.2) is 0 Å². The lowest BCUT2D eigenvalue weighted by Gasteiger charge is -2.54. The van der Waals surface area contributed by atoms with Crippen LogP contribution in [0.5, 0.6) is 0 Å². The Morgan fingerprint density at radius 2 is 1.74 bits per heavy atom. The molecule has 4 saturated carbocycles. The topological polar surface area (TPSA) is 44.1 Å². The van der Waals surface area contributed by atoms with Crippen LogP contribution >= 0.6 is 0 Å². The first-order valence-corrected chi connectivity index (χ1v) is 7.86. The average molecular weight is 260 g/mol. The third kappa shape index (κ3) is 2.38. The Morgan fingerprint density at radius 1 is 1.16 bits per heavy atom. The van der Waals surface area contributed by atoms with Crippen molar-refractivity contribution >= 4 is 5.91 Å². The van der Waals surface area contributed by atoms with Gasteiger partial charge in [0.15, 0.2) is 0 Å². The smallest absolute Gasteiger partial charge is 0.223 e.